The molecule has 0 saturated carbocycles. The van der Waals surface area contributed by atoms with E-state index >= 15 is 0 Å². The number of morpholine rings is 1. The fourth-order valence-electron chi connectivity index (χ4n) is 3.35. The first-order valence-electron chi connectivity index (χ1n) is 8.28. The molecule has 23 heavy (non-hydrogen) atoms. The summed E-state index contributed by atoms with van der Waals surface area (Å²) in [6, 6.07) is 0.142. The second kappa shape index (κ2) is 6.70. The Balaban J connectivity index is 1.69. The molecule has 0 bridgehead atoms. The average Bonchev–Trinajstić information content (AvgIpc) is 2.55. The summed E-state index contributed by atoms with van der Waals surface area (Å²) in [5.74, 6) is 0.874. The molecule has 0 aromatic carbocycles. The van der Waals surface area contributed by atoms with Gasteiger partial charge in [-0.3, -0.25) is 4.98 Å². The van der Waals surface area contributed by atoms with Crippen molar-refractivity contribution in [3.63, 3.8) is 0 Å². The largest absolute Gasteiger partial charge is 0.369 e. The maximum atomic E-state index is 12.3. The molecule has 126 valence electrons. The Bertz CT molecular complexity index is 535. The number of hydrogen-bond acceptors (Lipinski definition) is 5. The number of nitrogens with zero attached hydrogens (tertiary/aromatic N) is 4. The van der Waals surface area contributed by atoms with E-state index in [0.717, 1.165) is 31.7 Å². The SMILES string of the molecule is CC(C)NC(=O)N1CCOC2(CCCN(c3cnccn3)C2)C1. The highest BCUT2D eigenvalue weighted by atomic mass is 16.5. The van der Waals surface area contributed by atoms with Gasteiger partial charge in [-0.15, -0.1) is 0 Å². The van der Waals surface area contributed by atoms with Crippen molar-refractivity contribution in [1.29, 1.82) is 0 Å². The zero-order valence-corrected chi connectivity index (χ0v) is 13.9. The van der Waals surface area contributed by atoms with Gasteiger partial charge in [0.2, 0.25) is 0 Å². The number of ether oxygens (including phenoxy) is 1. The first-order valence-corrected chi connectivity index (χ1v) is 8.28. The molecule has 1 spiro atoms. The number of anilines is 1. The first-order chi connectivity index (χ1) is 11.1. The van der Waals surface area contributed by atoms with Crippen LogP contribution in [-0.4, -0.2) is 65.3 Å². The maximum absolute atomic E-state index is 12.3. The number of piperidine rings is 1. The molecule has 2 fully saturated rings. The average molecular weight is 319 g/mol. The van der Waals surface area contributed by atoms with Crippen LogP contribution in [0.5, 0.6) is 0 Å². The zero-order valence-electron chi connectivity index (χ0n) is 13.9. The third-order valence-corrected chi connectivity index (χ3v) is 4.36. The number of carbonyl (C=O) groups excluding carboxylic acids is 1. The fraction of sp³-hybridized carbons (Fsp3) is 0.688. The molecular weight excluding hydrogens is 294 g/mol. The molecule has 2 aliphatic rings. The first kappa shape index (κ1) is 16.0. The van der Waals surface area contributed by atoms with Crippen molar-refractivity contribution in [2.75, 3.05) is 37.7 Å². The molecule has 0 radical (unpaired) electrons. The molecule has 2 saturated heterocycles. The van der Waals surface area contributed by atoms with Crippen LogP contribution in [0.3, 0.4) is 0 Å². The number of amides is 2. The van der Waals surface area contributed by atoms with Gasteiger partial charge in [0.05, 0.1) is 25.9 Å². The van der Waals surface area contributed by atoms with Crippen molar-refractivity contribution >= 4 is 11.8 Å². The molecule has 1 aromatic rings. The molecule has 7 nitrogen and oxygen atoms in total. The van der Waals surface area contributed by atoms with Crippen molar-refractivity contribution in [2.45, 2.75) is 38.3 Å². The van der Waals surface area contributed by atoms with Gasteiger partial charge >= 0.3 is 6.03 Å². The van der Waals surface area contributed by atoms with Crippen LogP contribution in [0.25, 0.3) is 0 Å². The molecule has 3 rings (SSSR count). The lowest BCUT2D eigenvalue weighted by molar-refractivity contribution is -0.103. The van der Waals surface area contributed by atoms with Gasteiger partial charge in [-0.05, 0) is 26.7 Å². The Morgan fingerprint density at radius 3 is 2.96 bits per heavy atom. The van der Waals surface area contributed by atoms with Gasteiger partial charge in [0.25, 0.3) is 0 Å². The minimum Gasteiger partial charge on any atom is -0.369 e. The van der Waals surface area contributed by atoms with Gasteiger partial charge in [-0.2, -0.15) is 0 Å². The van der Waals surface area contributed by atoms with E-state index < -0.39 is 0 Å². The number of hydrogen-bond donors (Lipinski definition) is 1. The summed E-state index contributed by atoms with van der Waals surface area (Å²) in [6.45, 7) is 7.50. The van der Waals surface area contributed by atoms with E-state index in [4.69, 9.17) is 4.74 Å². The topological polar surface area (TPSA) is 70.6 Å². The zero-order chi connectivity index (χ0) is 16.3. The Morgan fingerprint density at radius 2 is 2.22 bits per heavy atom. The summed E-state index contributed by atoms with van der Waals surface area (Å²) >= 11 is 0. The lowest BCUT2D eigenvalue weighted by Crippen LogP contribution is -2.62. The summed E-state index contributed by atoms with van der Waals surface area (Å²) in [4.78, 5) is 24.9. The summed E-state index contributed by atoms with van der Waals surface area (Å²) in [6.07, 6.45) is 7.16. The number of carbonyl (C=O) groups is 1. The lowest BCUT2D eigenvalue weighted by Gasteiger charge is -2.48. The molecule has 1 N–H and O–H groups in total. The minimum atomic E-state index is -0.303. The van der Waals surface area contributed by atoms with Crippen LogP contribution in [0.4, 0.5) is 10.6 Å². The van der Waals surface area contributed by atoms with E-state index in [1.165, 1.54) is 0 Å². The lowest BCUT2D eigenvalue weighted by atomic mass is 9.90. The summed E-state index contributed by atoms with van der Waals surface area (Å²) in [7, 11) is 0. The normalized spacial score (nSPS) is 25.0. The van der Waals surface area contributed by atoms with Crippen LogP contribution in [0.1, 0.15) is 26.7 Å². The van der Waals surface area contributed by atoms with E-state index in [9.17, 15) is 4.79 Å². The predicted molar refractivity (Wildman–Crippen MR) is 87.4 cm³/mol. The van der Waals surface area contributed by atoms with Gasteiger partial charge in [0.1, 0.15) is 11.4 Å². The molecule has 2 amide bonds. The van der Waals surface area contributed by atoms with Crippen LogP contribution in [0, 0.1) is 0 Å². The van der Waals surface area contributed by atoms with Crippen molar-refractivity contribution in [3.05, 3.63) is 18.6 Å². The fourth-order valence-corrected chi connectivity index (χ4v) is 3.35. The number of aromatic nitrogens is 2. The van der Waals surface area contributed by atoms with E-state index in [0.29, 0.717) is 19.7 Å². The van der Waals surface area contributed by atoms with Gasteiger partial charge in [-0.25, -0.2) is 9.78 Å². The highest BCUT2D eigenvalue weighted by Crippen LogP contribution is 2.30. The quantitative estimate of drug-likeness (QED) is 0.889. The molecule has 1 unspecified atom stereocenters. The van der Waals surface area contributed by atoms with E-state index in [-0.39, 0.29) is 17.7 Å². The van der Waals surface area contributed by atoms with E-state index in [2.05, 4.69) is 20.2 Å². The van der Waals surface area contributed by atoms with Crippen molar-refractivity contribution in [2.24, 2.45) is 0 Å². The Hall–Kier alpha value is -1.89. The number of urea groups is 1. The van der Waals surface area contributed by atoms with Crippen molar-refractivity contribution < 1.29 is 9.53 Å². The molecule has 7 heteroatoms. The minimum absolute atomic E-state index is 0.000647. The number of nitrogens with one attached hydrogen (secondary N) is 1. The predicted octanol–water partition coefficient (Wildman–Crippen LogP) is 1.27. The monoisotopic (exact) mass is 319 g/mol. The number of rotatable bonds is 2. The van der Waals surface area contributed by atoms with Crippen LogP contribution in [-0.2, 0) is 4.74 Å². The van der Waals surface area contributed by atoms with Gasteiger partial charge < -0.3 is 19.9 Å². The molecule has 3 heterocycles. The third-order valence-electron chi connectivity index (χ3n) is 4.36. The van der Waals surface area contributed by atoms with Crippen LogP contribution < -0.4 is 10.2 Å². The Kier molecular flexibility index (Phi) is 4.66. The highest BCUT2D eigenvalue weighted by molar-refractivity contribution is 5.74. The van der Waals surface area contributed by atoms with Crippen molar-refractivity contribution in [1.82, 2.24) is 20.2 Å². The summed E-state index contributed by atoms with van der Waals surface area (Å²) in [5, 5.41) is 2.97. The van der Waals surface area contributed by atoms with Gasteiger partial charge in [-0.1, -0.05) is 0 Å². The molecule has 1 aromatic heterocycles. The van der Waals surface area contributed by atoms with Crippen LogP contribution in [0.2, 0.25) is 0 Å². The summed E-state index contributed by atoms with van der Waals surface area (Å²) in [5.41, 5.74) is -0.303. The standard InChI is InChI=1S/C16H25N5O2/c1-13(2)19-15(22)21-8-9-23-16(12-21)4-3-7-20(11-16)14-10-17-5-6-18-14/h5-6,10,13H,3-4,7-9,11-12H2,1-2H3,(H,19,22). The molecular formula is C16H25N5O2. The van der Waals surface area contributed by atoms with E-state index in [1.807, 2.05) is 18.7 Å². The van der Waals surface area contributed by atoms with Crippen molar-refractivity contribution in [3.8, 4) is 0 Å². The second-order valence-electron chi connectivity index (χ2n) is 6.65. The van der Waals surface area contributed by atoms with Gasteiger partial charge in [0, 0.05) is 31.5 Å². The summed E-state index contributed by atoms with van der Waals surface area (Å²) < 4.78 is 6.13. The second-order valence-corrected chi connectivity index (χ2v) is 6.65. The third kappa shape index (κ3) is 3.72. The Labute approximate surface area is 137 Å². The smallest absolute Gasteiger partial charge is 0.317 e. The maximum Gasteiger partial charge on any atom is 0.317 e. The molecule has 1 atom stereocenters. The highest BCUT2D eigenvalue weighted by Gasteiger charge is 2.42. The van der Waals surface area contributed by atoms with Gasteiger partial charge in [0.15, 0.2) is 0 Å². The van der Waals surface area contributed by atoms with Crippen LogP contribution >= 0.6 is 0 Å². The molecule has 0 aliphatic carbocycles. The van der Waals surface area contributed by atoms with E-state index in [1.54, 1.807) is 18.6 Å². The Morgan fingerprint density at radius 1 is 1.35 bits per heavy atom. The molecule has 2 aliphatic heterocycles. The van der Waals surface area contributed by atoms with Crippen LogP contribution in [0.15, 0.2) is 18.6 Å².